The van der Waals surface area contributed by atoms with Crippen molar-refractivity contribution in [3.8, 4) is 0 Å². The van der Waals surface area contributed by atoms with E-state index in [9.17, 15) is 0 Å². The molecule has 1 aliphatic heterocycles. The SMILES string of the molecule is CNC(CCN(C)C1CCCN(C)C1)c1ccccc1Cl. The Hall–Kier alpha value is -0.610. The van der Waals surface area contributed by atoms with Crippen LogP contribution < -0.4 is 5.32 Å². The van der Waals surface area contributed by atoms with Crippen LogP contribution in [0.3, 0.4) is 0 Å². The first-order valence-corrected chi connectivity index (χ1v) is 8.30. The van der Waals surface area contributed by atoms with Gasteiger partial charge in [-0.25, -0.2) is 0 Å². The normalized spacial score (nSPS) is 21.7. The highest BCUT2D eigenvalue weighted by Crippen LogP contribution is 2.25. The standard InChI is InChI=1S/C17H28ClN3/c1-19-17(15-8-4-5-9-16(15)18)10-12-21(3)14-7-6-11-20(2)13-14/h4-5,8-9,14,17,19H,6-7,10-13H2,1-3H3. The number of rotatable bonds is 6. The molecule has 1 heterocycles. The molecule has 1 aromatic carbocycles. The second-order valence-electron chi connectivity index (χ2n) is 6.19. The summed E-state index contributed by atoms with van der Waals surface area (Å²) in [6, 6.07) is 9.15. The minimum absolute atomic E-state index is 0.322. The molecule has 0 bridgehead atoms. The monoisotopic (exact) mass is 309 g/mol. The lowest BCUT2D eigenvalue weighted by molar-refractivity contribution is 0.131. The van der Waals surface area contributed by atoms with Gasteiger partial charge in [0.1, 0.15) is 0 Å². The predicted molar refractivity (Wildman–Crippen MR) is 91.0 cm³/mol. The van der Waals surface area contributed by atoms with Gasteiger partial charge in [-0.2, -0.15) is 0 Å². The molecule has 3 nitrogen and oxygen atoms in total. The number of hydrogen-bond donors (Lipinski definition) is 1. The van der Waals surface area contributed by atoms with Crippen molar-refractivity contribution < 1.29 is 0 Å². The number of hydrogen-bond acceptors (Lipinski definition) is 3. The van der Waals surface area contributed by atoms with Crippen molar-refractivity contribution in [2.75, 3.05) is 40.8 Å². The van der Waals surface area contributed by atoms with Crippen molar-refractivity contribution in [1.29, 1.82) is 0 Å². The van der Waals surface area contributed by atoms with Crippen LogP contribution in [0.5, 0.6) is 0 Å². The number of nitrogens with one attached hydrogen (secondary N) is 1. The molecular weight excluding hydrogens is 282 g/mol. The Morgan fingerprint density at radius 2 is 2.19 bits per heavy atom. The summed E-state index contributed by atoms with van der Waals surface area (Å²) in [6.45, 7) is 3.52. The van der Waals surface area contributed by atoms with Gasteiger partial charge in [0.2, 0.25) is 0 Å². The highest BCUT2D eigenvalue weighted by Gasteiger charge is 2.22. The fourth-order valence-corrected chi connectivity index (χ4v) is 3.49. The highest BCUT2D eigenvalue weighted by atomic mass is 35.5. The summed E-state index contributed by atoms with van der Waals surface area (Å²) in [6.07, 6.45) is 3.71. The van der Waals surface area contributed by atoms with Gasteiger partial charge in [-0.15, -0.1) is 0 Å². The number of piperidine rings is 1. The zero-order valence-corrected chi connectivity index (χ0v) is 14.2. The average Bonchev–Trinajstić information content (AvgIpc) is 2.49. The van der Waals surface area contributed by atoms with Gasteiger partial charge in [0.05, 0.1) is 0 Å². The summed E-state index contributed by atoms with van der Waals surface area (Å²) in [7, 11) is 6.49. The third kappa shape index (κ3) is 4.68. The van der Waals surface area contributed by atoms with Crippen molar-refractivity contribution in [3.63, 3.8) is 0 Å². The molecule has 0 spiro atoms. The quantitative estimate of drug-likeness (QED) is 0.871. The van der Waals surface area contributed by atoms with Crippen LogP contribution in [0.1, 0.15) is 30.9 Å². The van der Waals surface area contributed by atoms with Crippen molar-refractivity contribution in [2.45, 2.75) is 31.3 Å². The van der Waals surface area contributed by atoms with Crippen LogP contribution in [0.15, 0.2) is 24.3 Å². The Bertz CT molecular complexity index is 438. The van der Waals surface area contributed by atoms with Crippen LogP contribution >= 0.6 is 11.6 Å². The first-order valence-electron chi connectivity index (χ1n) is 7.92. The average molecular weight is 310 g/mol. The van der Waals surface area contributed by atoms with Crippen molar-refractivity contribution in [3.05, 3.63) is 34.9 Å². The summed E-state index contributed by atoms with van der Waals surface area (Å²) >= 11 is 6.32. The van der Waals surface area contributed by atoms with Crippen LogP contribution in [0, 0.1) is 0 Å². The molecule has 21 heavy (non-hydrogen) atoms. The van der Waals surface area contributed by atoms with E-state index < -0.39 is 0 Å². The molecule has 2 unspecified atom stereocenters. The van der Waals surface area contributed by atoms with E-state index in [2.05, 4.69) is 41.3 Å². The van der Waals surface area contributed by atoms with E-state index in [-0.39, 0.29) is 0 Å². The summed E-state index contributed by atoms with van der Waals surface area (Å²) in [5, 5.41) is 4.26. The molecule has 1 saturated heterocycles. The van der Waals surface area contributed by atoms with Gasteiger partial charge in [-0.05, 0) is 65.1 Å². The molecule has 0 radical (unpaired) electrons. The van der Waals surface area contributed by atoms with Crippen LogP contribution in [0.2, 0.25) is 5.02 Å². The second-order valence-corrected chi connectivity index (χ2v) is 6.60. The van der Waals surface area contributed by atoms with Gasteiger partial charge in [0.15, 0.2) is 0 Å². The molecule has 0 aromatic heterocycles. The van der Waals surface area contributed by atoms with E-state index >= 15 is 0 Å². The zero-order chi connectivity index (χ0) is 15.2. The lowest BCUT2D eigenvalue weighted by Crippen LogP contribution is -2.45. The number of likely N-dealkylation sites (tertiary alicyclic amines) is 1. The Balaban J connectivity index is 1.89. The first kappa shape index (κ1) is 16.8. The Kier molecular flexibility index (Phi) is 6.49. The fraction of sp³-hybridized carbons (Fsp3) is 0.647. The second kappa shape index (κ2) is 8.14. The van der Waals surface area contributed by atoms with Crippen molar-refractivity contribution in [1.82, 2.24) is 15.1 Å². The minimum Gasteiger partial charge on any atom is -0.313 e. The smallest absolute Gasteiger partial charge is 0.0453 e. The minimum atomic E-state index is 0.322. The maximum absolute atomic E-state index is 6.32. The number of halogens is 1. The summed E-state index contributed by atoms with van der Waals surface area (Å²) in [5.74, 6) is 0. The highest BCUT2D eigenvalue weighted by molar-refractivity contribution is 6.31. The number of benzene rings is 1. The predicted octanol–water partition coefficient (Wildman–Crippen LogP) is 3.02. The molecule has 0 saturated carbocycles. The van der Waals surface area contributed by atoms with E-state index in [0.717, 1.165) is 18.0 Å². The Labute approximate surface area is 134 Å². The molecule has 4 heteroatoms. The van der Waals surface area contributed by atoms with Gasteiger partial charge in [-0.1, -0.05) is 29.8 Å². The van der Waals surface area contributed by atoms with Crippen LogP contribution in [-0.4, -0.2) is 56.6 Å². The van der Waals surface area contributed by atoms with E-state index in [1.165, 1.54) is 31.5 Å². The Morgan fingerprint density at radius 1 is 1.43 bits per heavy atom. The van der Waals surface area contributed by atoms with E-state index in [1.54, 1.807) is 0 Å². The number of nitrogens with zero attached hydrogens (tertiary/aromatic N) is 2. The zero-order valence-electron chi connectivity index (χ0n) is 13.5. The third-order valence-electron chi connectivity index (χ3n) is 4.62. The molecular formula is C17H28ClN3. The molecule has 1 aromatic rings. The molecule has 1 N–H and O–H groups in total. The molecule has 1 fully saturated rings. The van der Waals surface area contributed by atoms with Gasteiger partial charge in [-0.3, -0.25) is 0 Å². The van der Waals surface area contributed by atoms with Crippen molar-refractivity contribution in [2.24, 2.45) is 0 Å². The van der Waals surface area contributed by atoms with Crippen LogP contribution in [0.25, 0.3) is 0 Å². The lowest BCUT2D eigenvalue weighted by Gasteiger charge is -2.36. The van der Waals surface area contributed by atoms with E-state index in [0.29, 0.717) is 12.1 Å². The Morgan fingerprint density at radius 3 is 2.86 bits per heavy atom. The molecule has 2 atom stereocenters. The van der Waals surface area contributed by atoms with Gasteiger partial charge >= 0.3 is 0 Å². The number of likely N-dealkylation sites (N-methyl/N-ethyl adjacent to an activating group) is 2. The molecule has 2 rings (SSSR count). The van der Waals surface area contributed by atoms with Crippen LogP contribution in [-0.2, 0) is 0 Å². The largest absolute Gasteiger partial charge is 0.313 e. The van der Waals surface area contributed by atoms with Gasteiger partial charge < -0.3 is 15.1 Å². The molecule has 0 aliphatic carbocycles. The third-order valence-corrected chi connectivity index (χ3v) is 4.97. The maximum atomic E-state index is 6.32. The van der Waals surface area contributed by atoms with Crippen molar-refractivity contribution >= 4 is 11.6 Å². The summed E-state index contributed by atoms with van der Waals surface area (Å²) < 4.78 is 0. The summed E-state index contributed by atoms with van der Waals surface area (Å²) in [4.78, 5) is 4.95. The van der Waals surface area contributed by atoms with Gasteiger partial charge in [0, 0.05) is 23.7 Å². The maximum Gasteiger partial charge on any atom is 0.0453 e. The topological polar surface area (TPSA) is 18.5 Å². The van der Waals surface area contributed by atoms with E-state index in [4.69, 9.17) is 11.6 Å². The molecule has 0 amide bonds. The van der Waals surface area contributed by atoms with Gasteiger partial charge in [0.25, 0.3) is 0 Å². The van der Waals surface area contributed by atoms with Crippen LogP contribution in [0.4, 0.5) is 0 Å². The first-order chi connectivity index (χ1) is 10.1. The molecule has 1 aliphatic rings. The van der Waals surface area contributed by atoms with E-state index in [1.807, 2.05) is 19.2 Å². The fourth-order valence-electron chi connectivity index (χ4n) is 3.23. The summed E-state index contributed by atoms with van der Waals surface area (Å²) in [5.41, 5.74) is 1.20. The lowest BCUT2D eigenvalue weighted by atomic mass is 10.0. The molecule has 118 valence electrons.